The van der Waals surface area contributed by atoms with E-state index in [0.717, 1.165) is 27.1 Å². The zero-order chi connectivity index (χ0) is 11.9. The highest BCUT2D eigenvalue weighted by molar-refractivity contribution is 9.10. The number of nitrogens with two attached hydrogens (primary N) is 1. The zero-order valence-electron chi connectivity index (χ0n) is 9.76. The van der Waals surface area contributed by atoms with E-state index in [9.17, 15) is 0 Å². The zero-order valence-corrected chi connectivity index (χ0v) is 11.3. The average molecular weight is 286 g/mol. The molecule has 0 amide bonds. The van der Waals surface area contributed by atoms with E-state index in [2.05, 4.69) is 15.9 Å². The van der Waals surface area contributed by atoms with Crippen LogP contribution in [0.3, 0.4) is 0 Å². The average Bonchev–Trinajstić information content (AvgIpc) is 2.15. The second kappa shape index (κ2) is 3.93. The molecule has 1 aromatic carbocycles. The largest absolute Gasteiger partial charge is 0.486 e. The van der Waals surface area contributed by atoms with Crippen LogP contribution in [0.1, 0.15) is 25.0 Å². The summed E-state index contributed by atoms with van der Waals surface area (Å²) in [5.74, 6) is 1.62. The van der Waals surface area contributed by atoms with Gasteiger partial charge in [-0.15, -0.1) is 0 Å². The lowest BCUT2D eigenvalue weighted by molar-refractivity contribution is 0.169. The standard InChI is InChI=1S/C12H16BrNO2/c1-7-10(12(2,3)14)8(13)6-9-11(7)16-5-4-15-9/h6H,4-5,14H2,1-3H3. The maximum absolute atomic E-state index is 6.17. The van der Waals surface area contributed by atoms with Crippen molar-refractivity contribution in [3.8, 4) is 11.5 Å². The van der Waals surface area contributed by atoms with Crippen LogP contribution in [0, 0.1) is 6.92 Å². The minimum Gasteiger partial charge on any atom is -0.486 e. The van der Waals surface area contributed by atoms with Crippen molar-refractivity contribution in [2.45, 2.75) is 26.3 Å². The summed E-state index contributed by atoms with van der Waals surface area (Å²) >= 11 is 3.55. The van der Waals surface area contributed by atoms with Crippen LogP contribution in [-0.4, -0.2) is 13.2 Å². The van der Waals surface area contributed by atoms with E-state index in [1.54, 1.807) is 0 Å². The molecule has 4 heteroatoms. The van der Waals surface area contributed by atoms with Crippen molar-refractivity contribution >= 4 is 15.9 Å². The maximum Gasteiger partial charge on any atom is 0.164 e. The number of hydrogen-bond acceptors (Lipinski definition) is 3. The Balaban J connectivity index is 2.63. The lowest BCUT2D eigenvalue weighted by Crippen LogP contribution is -2.31. The Morgan fingerprint density at radius 3 is 2.56 bits per heavy atom. The molecule has 0 saturated heterocycles. The first kappa shape index (κ1) is 11.7. The molecular formula is C12H16BrNO2. The highest BCUT2D eigenvalue weighted by atomic mass is 79.9. The molecule has 2 rings (SSSR count). The summed E-state index contributed by atoms with van der Waals surface area (Å²) in [7, 11) is 0. The van der Waals surface area contributed by atoms with E-state index in [4.69, 9.17) is 15.2 Å². The minimum atomic E-state index is -0.404. The Bertz CT molecular complexity index is 424. The molecule has 0 aromatic heterocycles. The molecule has 3 nitrogen and oxygen atoms in total. The van der Waals surface area contributed by atoms with E-state index in [-0.39, 0.29) is 0 Å². The smallest absolute Gasteiger partial charge is 0.164 e. The van der Waals surface area contributed by atoms with Crippen LogP contribution < -0.4 is 15.2 Å². The molecule has 0 bridgehead atoms. The Morgan fingerprint density at radius 1 is 1.31 bits per heavy atom. The molecule has 1 aliphatic rings. The lowest BCUT2D eigenvalue weighted by atomic mass is 9.90. The molecule has 0 spiro atoms. The molecule has 1 heterocycles. The molecule has 1 aromatic rings. The Kier molecular flexibility index (Phi) is 2.88. The van der Waals surface area contributed by atoms with Crippen LogP contribution in [0.15, 0.2) is 10.5 Å². The van der Waals surface area contributed by atoms with Gasteiger partial charge in [-0.2, -0.15) is 0 Å². The van der Waals surface area contributed by atoms with E-state index >= 15 is 0 Å². The molecule has 1 aliphatic heterocycles. The first-order valence-electron chi connectivity index (χ1n) is 5.29. The first-order chi connectivity index (χ1) is 7.41. The van der Waals surface area contributed by atoms with Crippen molar-refractivity contribution < 1.29 is 9.47 Å². The van der Waals surface area contributed by atoms with Gasteiger partial charge in [-0.1, -0.05) is 15.9 Å². The molecule has 16 heavy (non-hydrogen) atoms. The molecule has 2 N–H and O–H groups in total. The van der Waals surface area contributed by atoms with Crippen molar-refractivity contribution in [3.05, 3.63) is 21.7 Å². The van der Waals surface area contributed by atoms with Crippen molar-refractivity contribution in [2.75, 3.05) is 13.2 Å². The van der Waals surface area contributed by atoms with Gasteiger partial charge in [-0.3, -0.25) is 0 Å². The normalized spacial score (nSPS) is 15.1. The monoisotopic (exact) mass is 285 g/mol. The van der Waals surface area contributed by atoms with Gasteiger partial charge in [0.1, 0.15) is 13.2 Å². The summed E-state index contributed by atoms with van der Waals surface area (Å²) in [4.78, 5) is 0. The highest BCUT2D eigenvalue weighted by Crippen LogP contribution is 2.42. The van der Waals surface area contributed by atoms with E-state index in [1.807, 2.05) is 26.8 Å². The van der Waals surface area contributed by atoms with Gasteiger partial charge in [0.05, 0.1) is 0 Å². The fourth-order valence-corrected chi connectivity index (χ4v) is 3.12. The molecule has 0 aliphatic carbocycles. The third kappa shape index (κ3) is 1.92. The van der Waals surface area contributed by atoms with Gasteiger partial charge in [0.15, 0.2) is 11.5 Å². The second-order valence-corrected chi connectivity index (χ2v) is 5.46. The summed E-state index contributed by atoms with van der Waals surface area (Å²) < 4.78 is 12.2. The van der Waals surface area contributed by atoms with Gasteiger partial charge in [-0.25, -0.2) is 0 Å². The van der Waals surface area contributed by atoms with Crippen LogP contribution in [0.2, 0.25) is 0 Å². The Labute approximate surface area is 104 Å². The first-order valence-corrected chi connectivity index (χ1v) is 6.08. The minimum absolute atomic E-state index is 0.404. The van der Waals surface area contributed by atoms with Gasteiger partial charge in [-0.05, 0) is 32.4 Å². The SMILES string of the molecule is Cc1c2c(cc(Br)c1C(C)(C)N)OCCO2. The molecule has 0 saturated carbocycles. The summed E-state index contributed by atoms with van der Waals surface area (Å²) in [6.07, 6.45) is 0. The van der Waals surface area contributed by atoms with Crippen LogP contribution in [0.5, 0.6) is 11.5 Å². The second-order valence-electron chi connectivity index (χ2n) is 4.60. The van der Waals surface area contributed by atoms with Gasteiger partial charge < -0.3 is 15.2 Å². The Hall–Kier alpha value is -0.740. The molecule has 0 atom stereocenters. The summed E-state index contributed by atoms with van der Waals surface area (Å²) in [6, 6.07) is 1.94. The van der Waals surface area contributed by atoms with E-state index < -0.39 is 5.54 Å². The van der Waals surface area contributed by atoms with Gasteiger partial charge >= 0.3 is 0 Å². The summed E-state index contributed by atoms with van der Waals surface area (Å²) in [5.41, 5.74) is 7.88. The fourth-order valence-electron chi connectivity index (χ4n) is 2.10. The molecular weight excluding hydrogens is 270 g/mol. The molecule has 0 radical (unpaired) electrons. The predicted molar refractivity (Wildman–Crippen MR) is 67.1 cm³/mol. The predicted octanol–water partition coefficient (Wildman–Crippen LogP) is 2.72. The number of benzene rings is 1. The summed E-state index contributed by atoms with van der Waals surface area (Å²) in [6.45, 7) is 7.18. The topological polar surface area (TPSA) is 44.5 Å². The quantitative estimate of drug-likeness (QED) is 0.863. The van der Waals surface area contributed by atoms with Crippen molar-refractivity contribution in [2.24, 2.45) is 5.73 Å². The van der Waals surface area contributed by atoms with Crippen molar-refractivity contribution in [1.29, 1.82) is 0 Å². The van der Waals surface area contributed by atoms with E-state index in [1.165, 1.54) is 0 Å². The highest BCUT2D eigenvalue weighted by Gasteiger charge is 2.26. The number of rotatable bonds is 1. The molecule has 88 valence electrons. The van der Waals surface area contributed by atoms with Gasteiger partial charge in [0.2, 0.25) is 0 Å². The number of fused-ring (bicyclic) bond motifs is 1. The molecule has 0 fully saturated rings. The van der Waals surface area contributed by atoms with Gasteiger partial charge in [0.25, 0.3) is 0 Å². The van der Waals surface area contributed by atoms with Crippen molar-refractivity contribution in [1.82, 2.24) is 0 Å². The van der Waals surface area contributed by atoms with E-state index in [0.29, 0.717) is 13.2 Å². The number of hydrogen-bond donors (Lipinski definition) is 1. The number of halogens is 1. The van der Waals surface area contributed by atoms with Crippen LogP contribution in [0.4, 0.5) is 0 Å². The summed E-state index contributed by atoms with van der Waals surface area (Å²) in [5, 5.41) is 0. The third-order valence-corrected chi connectivity index (χ3v) is 3.29. The Morgan fingerprint density at radius 2 is 1.94 bits per heavy atom. The third-order valence-electron chi connectivity index (χ3n) is 2.67. The lowest BCUT2D eigenvalue weighted by Gasteiger charge is -2.28. The van der Waals surface area contributed by atoms with Crippen LogP contribution in [-0.2, 0) is 5.54 Å². The maximum atomic E-state index is 6.17. The van der Waals surface area contributed by atoms with Crippen LogP contribution >= 0.6 is 15.9 Å². The van der Waals surface area contributed by atoms with Crippen LogP contribution in [0.25, 0.3) is 0 Å². The van der Waals surface area contributed by atoms with Crippen molar-refractivity contribution in [3.63, 3.8) is 0 Å². The molecule has 0 unspecified atom stereocenters. The fraction of sp³-hybridized carbons (Fsp3) is 0.500. The number of ether oxygens (including phenoxy) is 2. The van der Waals surface area contributed by atoms with Gasteiger partial charge in [0, 0.05) is 15.6 Å².